The maximum atomic E-state index is 13.0. The van der Waals surface area contributed by atoms with Crippen molar-refractivity contribution in [3.8, 4) is 0 Å². The van der Waals surface area contributed by atoms with Crippen molar-refractivity contribution in [2.45, 2.75) is 45.6 Å². The van der Waals surface area contributed by atoms with Gasteiger partial charge in [-0.05, 0) is 56.5 Å². The fourth-order valence-electron chi connectivity index (χ4n) is 5.85. The molecule has 8 heteroatoms. The molecule has 1 saturated carbocycles. The average molecular weight is 463 g/mol. The SMILES string of the molecule is Cc1cccc(N2CCN(c3ccc(N4C(=O)C5CCCCC5C4=O)cc3[N+](=O)[O-])CC2C)c1. The van der Waals surface area contributed by atoms with Gasteiger partial charge in [0.1, 0.15) is 5.69 Å². The van der Waals surface area contributed by atoms with Crippen LogP contribution in [-0.2, 0) is 9.59 Å². The van der Waals surface area contributed by atoms with Gasteiger partial charge in [-0.1, -0.05) is 25.0 Å². The van der Waals surface area contributed by atoms with Gasteiger partial charge in [0.05, 0.1) is 22.4 Å². The maximum absolute atomic E-state index is 13.0. The van der Waals surface area contributed by atoms with Crippen molar-refractivity contribution in [1.29, 1.82) is 0 Å². The highest BCUT2D eigenvalue weighted by atomic mass is 16.6. The van der Waals surface area contributed by atoms with E-state index in [1.54, 1.807) is 12.1 Å². The molecular formula is C26H30N4O4. The first kappa shape index (κ1) is 22.4. The second-order valence-electron chi connectivity index (χ2n) is 9.77. The number of rotatable bonds is 4. The molecule has 3 aliphatic rings. The van der Waals surface area contributed by atoms with E-state index in [1.807, 2.05) is 11.0 Å². The molecule has 3 atom stereocenters. The number of fused-ring (bicyclic) bond motifs is 1. The van der Waals surface area contributed by atoms with Crippen molar-refractivity contribution in [2.24, 2.45) is 11.8 Å². The van der Waals surface area contributed by atoms with Gasteiger partial charge in [0, 0.05) is 37.4 Å². The molecule has 2 aromatic rings. The number of carbonyl (C=O) groups is 2. The average Bonchev–Trinajstić information content (AvgIpc) is 3.08. The fraction of sp³-hybridized carbons (Fsp3) is 0.462. The van der Waals surface area contributed by atoms with Gasteiger partial charge in [-0.3, -0.25) is 19.7 Å². The van der Waals surface area contributed by atoms with E-state index in [2.05, 4.69) is 36.9 Å². The van der Waals surface area contributed by atoms with Crippen molar-refractivity contribution < 1.29 is 14.5 Å². The molecule has 2 amide bonds. The summed E-state index contributed by atoms with van der Waals surface area (Å²) >= 11 is 0. The monoisotopic (exact) mass is 462 g/mol. The Labute approximate surface area is 199 Å². The molecule has 3 fully saturated rings. The molecule has 34 heavy (non-hydrogen) atoms. The van der Waals surface area contributed by atoms with E-state index in [-0.39, 0.29) is 35.4 Å². The van der Waals surface area contributed by atoms with E-state index in [0.29, 0.717) is 24.5 Å². The van der Waals surface area contributed by atoms with Crippen molar-refractivity contribution in [3.05, 3.63) is 58.1 Å². The van der Waals surface area contributed by atoms with Crippen LogP contribution in [0.1, 0.15) is 38.2 Å². The predicted molar refractivity (Wildman–Crippen MR) is 131 cm³/mol. The molecule has 2 saturated heterocycles. The summed E-state index contributed by atoms with van der Waals surface area (Å²) < 4.78 is 0. The number of amides is 2. The highest BCUT2D eigenvalue weighted by molar-refractivity contribution is 6.22. The number of piperazine rings is 1. The van der Waals surface area contributed by atoms with E-state index in [0.717, 1.165) is 37.9 Å². The van der Waals surface area contributed by atoms with Crippen molar-refractivity contribution in [3.63, 3.8) is 0 Å². The Bertz CT molecular complexity index is 1130. The summed E-state index contributed by atoms with van der Waals surface area (Å²) in [4.78, 5) is 43.1. The van der Waals surface area contributed by atoms with E-state index in [9.17, 15) is 19.7 Å². The fourth-order valence-corrected chi connectivity index (χ4v) is 5.85. The van der Waals surface area contributed by atoms with Gasteiger partial charge in [0.2, 0.25) is 11.8 Å². The lowest BCUT2D eigenvalue weighted by Crippen LogP contribution is -2.52. The largest absolute Gasteiger partial charge is 0.365 e. The normalized spacial score (nSPS) is 25.0. The Morgan fingerprint density at radius 1 is 0.941 bits per heavy atom. The zero-order valence-corrected chi connectivity index (χ0v) is 19.6. The number of nitro groups is 1. The first-order valence-electron chi connectivity index (χ1n) is 12.1. The number of nitro benzene ring substituents is 1. The Hall–Kier alpha value is -3.42. The lowest BCUT2D eigenvalue weighted by atomic mass is 9.81. The zero-order chi connectivity index (χ0) is 24.0. The van der Waals surface area contributed by atoms with Crippen LogP contribution in [0.5, 0.6) is 0 Å². The van der Waals surface area contributed by atoms with Crippen molar-refractivity contribution in [2.75, 3.05) is 34.3 Å². The minimum atomic E-state index is -0.408. The molecule has 8 nitrogen and oxygen atoms in total. The van der Waals surface area contributed by atoms with Crippen LogP contribution < -0.4 is 14.7 Å². The Kier molecular flexibility index (Phi) is 5.75. The smallest absolute Gasteiger partial charge is 0.294 e. The van der Waals surface area contributed by atoms with Crippen molar-refractivity contribution in [1.82, 2.24) is 0 Å². The van der Waals surface area contributed by atoms with Crippen LogP contribution in [0.3, 0.4) is 0 Å². The topological polar surface area (TPSA) is 87.0 Å². The summed E-state index contributed by atoms with van der Waals surface area (Å²) in [6.45, 7) is 6.22. The van der Waals surface area contributed by atoms with Crippen LogP contribution in [0.2, 0.25) is 0 Å². The third-order valence-electron chi connectivity index (χ3n) is 7.56. The number of aryl methyl sites for hydroxylation is 1. The summed E-state index contributed by atoms with van der Waals surface area (Å²) in [5.74, 6) is -0.986. The first-order chi connectivity index (χ1) is 16.3. The second kappa shape index (κ2) is 8.74. The van der Waals surface area contributed by atoms with Gasteiger partial charge >= 0.3 is 0 Å². The maximum Gasteiger partial charge on any atom is 0.294 e. The minimum Gasteiger partial charge on any atom is -0.365 e. The van der Waals surface area contributed by atoms with Crippen LogP contribution in [0.4, 0.5) is 22.7 Å². The number of imide groups is 1. The van der Waals surface area contributed by atoms with Gasteiger partial charge in [0.15, 0.2) is 0 Å². The molecule has 1 aliphatic carbocycles. The van der Waals surface area contributed by atoms with E-state index in [4.69, 9.17) is 0 Å². The number of anilines is 3. The molecule has 178 valence electrons. The highest BCUT2D eigenvalue weighted by Crippen LogP contribution is 2.42. The van der Waals surface area contributed by atoms with Crippen LogP contribution in [0, 0.1) is 28.9 Å². The minimum absolute atomic E-state index is 0.0656. The van der Waals surface area contributed by atoms with E-state index in [1.165, 1.54) is 16.5 Å². The second-order valence-corrected chi connectivity index (χ2v) is 9.77. The molecule has 2 aliphatic heterocycles. The highest BCUT2D eigenvalue weighted by Gasteiger charge is 2.49. The summed E-state index contributed by atoms with van der Waals surface area (Å²) in [6, 6.07) is 13.3. The van der Waals surface area contributed by atoms with Gasteiger partial charge in [-0.2, -0.15) is 0 Å². The lowest BCUT2D eigenvalue weighted by molar-refractivity contribution is -0.384. The predicted octanol–water partition coefficient (Wildman–Crippen LogP) is 4.30. The Balaban J connectivity index is 1.40. The van der Waals surface area contributed by atoms with Gasteiger partial charge in [-0.15, -0.1) is 0 Å². The molecule has 0 N–H and O–H groups in total. The van der Waals surface area contributed by atoms with E-state index < -0.39 is 4.92 Å². The number of hydrogen-bond acceptors (Lipinski definition) is 6. The molecule has 0 radical (unpaired) electrons. The van der Waals surface area contributed by atoms with Crippen LogP contribution in [-0.4, -0.2) is 42.4 Å². The van der Waals surface area contributed by atoms with Gasteiger partial charge in [0.25, 0.3) is 5.69 Å². The first-order valence-corrected chi connectivity index (χ1v) is 12.1. The van der Waals surface area contributed by atoms with Gasteiger partial charge < -0.3 is 9.80 Å². The molecule has 0 bridgehead atoms. The number of benzene rings is 2. The third kappa shape index (κ3) is 3.81. The Morgan fingerprint density at radius 2 is 1.65 bits per heavy atom. The standard InChI is InChI=1S/C26H30N4O4/c1-17-6-5-7-19(14-17)28-13-12-27(16-18(28)2)23-11-10-20(15-24(23)30(33)34)29-25(31)21-8-3-4-9-22(21)26(29)32/h5-7,10-11,14-15,18,21-22H,3-4,8-9,12-13,16H2,1-2H3. The molecule has 3 unspecified atom stereocenters. The summed E-state index contributed by atoms with van der Waals surface area (Å²) in [7, 11) is 0. The van der Waals surface area contributed by atoms with Crippen LogP contribution >= 0.6 is 0 Å². The van der Waals surface area contributed by atoms with Crippen LogP contribution in [0.15, 0.2) is 42.5 Å². The molecular weight excluding hydrogens is 432 g/mol. The Morgan fingerprint density at radius 3 is 2.26 bits per heavy atom. The summed E-state index contributed by atoms with van der Waals surface area (Å²) in [6.07, 6.45) is 3.32. The van der Waals surface area contributed by atoms with E-state index >= 15 is 0 Å². The van der Waals surface area contributed by atoms with Crippen molar-refractivity contribution >= 4 is 34.6 Å². The molecule has 0 aromatic heterocycles. The number of hydrogen-bond donors (Lipinski definition) is 0. The zero-order valence-electron chi connectivity index (χ0n) is 19.6. The number of nitrogens with zero attached hydrogens (tertiary/aromatic N) is 4. The number of carbonyl (C=O) groups excluding carboxylic acids is 2. The lowest BCUT2D eigenvalue weighted by Gasteiger charge is -2.42. The molecule has 2 heterocycles. The molecule has 0 spiro atoms. The summed E-state index contributed by atoms with van der Waals surface area (Å²) in [5, 5.41) is 12.0. The summed E-state index contributed by atoms with van der Waals surface area (Å²) in [5.41, 5.74) is 3.13. The molecule has 2 aromatic carbocycles. The van der Waals surface area contributed by atoms with Crippen LogP contribution in [0.25, 0.3) is 0 Å². The third-order valence-corrected chi connectivity index (χ3v) is 7.56. The van der Waals surface area contributed by atoms with Gasteiger partial charge in [-0.25, -0.2) is 4.90 Å². The molecule has 5 rings (SSSR count). The quantitative estimate of drug-likeness (QED) is 0.383.